The molecule has 0 saturated heterocycles. The Labute approximate surface area is 101 Å². The van der Waals surface area contributed by atoms with Gasteiger partial charge in [-0.25, -0.2) is 10.0 Å². The molecule has 15 heavy (non-hydrogen) atoms. The highest BCUT2D eigenvalue weighted by molar-refractivity contribution is 8.48. The maximum absolute atomic E-state index is 2.67. The van der Waals surface area contributed by atoms with Gasteiger partial charge in [0.1, 0.15) is 0 Å². The first-order chi connectivity index (χ1) is 6.52. The van der Waals surface area contributed by atoms with Crippen LogP contribution in [-0.4, -0.2) is 52.8 Å². The monoisotopic (exact) mass is 253 g/mol. The predicted octanol–water partition coefficient (Wildman–Crippen LogP) is 3.74. The molecule has 0 rings (SSSR count). The van der Waals surface area contributed by atoms with Crippen LogP contribution >= 0.6 is 20.2 Å². The third kappa shape index (κ3) is 2.86. The first-order valence-corrected chi connectivity index (χ1v) is 10.9. The lowest BCUT2D eigenvalue weighted by atomic mass is 10.5. The Morgan fingerprint density at radius 1 is 0.867 bits per heavy atom. The molecule has 0 heterocycles. The van der Waals surface area contributed by atoms with Gasteiger partial charge in [0.05, 0.1) is 0 Å². The summed E-state index contributed by atoms with van der Waals surface area (Å²) in [6.07, 6.45) is 12.3. The lowest BCUT2D eigenvalue weighted by Crippen LogP contribution is -2.42. The van der Waals surface area contributed by atoms with Crippen molar-refractivity contribution >= 4 is 20.2 Å². The van der Waals surface area contributed by atoms with Crippen LogP contribution in [0.4, 0.5) is 0 Å². The lowest BCUT2D eigenvalue weighted by Gasteiger charge is -2.61. The highest BCUT2D eigenvalue weighted by Crippen LogP contribution is 2.70. The fraction of sp³-hybridized carbons (Fsp3) is 1.00. The standard InChI is InChI=1S/C12H31NS2/c1-10-13(11-2)15(8,9)12(3,4)14(5,6)7/h10-11H2,1-9H3. The fourth-order valence-electron chi connectivity index (χ4n) is 1.79. The van der Waals surface area contributed by atoms with Crippen molar-refractivity contribution < 1.29 is 0 Å². The first-order valence-electron chi connectivity index (χ1n) is 5.68. The van der Waals surface area contributed by atoms with E-state index in [0.717, 1.165) is 0 Å². The third-order valence-electron chi connectivity index (χ3n) is 4.03. The first kappa shape index (κ1) is 15.7. The second-order valence-corrected chi connectivity index (χ2v) is 14.7. The largest absolute Gasteiger partial charge is 0.267 e. The summed E-state index contributed by atoms with van der Waals surface area (Å²) in [5.74, 6) is 0. The molecule has 0 bridgehead atoms. The Bertz CT molecular complexity index is 200. The van der Waals surface area contributed by atoms with Crippen LogP contribution in [0.15, 0.2) is 0 Å². The van der Waals surface area contributed by atoms with Crippen molar-refractivity contribution in [2.75, 3.05) is 44.4 Å². The summed E-state index contributed by atoms with van der Waals surface area (Å²) in [6.45, 7) is 11.9. The quantitative estimate of drug-likeness (QED) is 0.721. The fourth-order valence-corrected chi connectivity index (χ4v) is 8.92. The van der Waals surface area contributed by atoms with Crippen LogP contribution in [0.25, 0.3) is 0 Å². The van der Waals surface area contributed by atoms with Gasteiger partial charge in [-0.05, 0) is 45.1 Å². The van der Waals surface area contributed by atoms with Crippen molar-refractivity contribution in [2.24, 2.45) is 0 Å². The van der Waals surface area contributed by atoms with Gasteiger partial charge in [-0.15, -0.1) is 0 Å². The molecule has 0 aliphatic carbocycles. The smallest absolute Gasteiger partial charge is 0.0351 e. The normalized spacial score (nSPS) is 16.9. The topological polar surface area (TPSA) is 3.24 Å². The van der Waals surface area contributed by atoms with Crippen LogP contribution < -0.4 is 0 Å². The van der Waals surface area contributed by atoms with Crippen molar-refractivity contribution in [1.82, 2.24) is 4.31 Å². The van der Waals surface area contributed by atoms with Crippen LogP contribution in [0.2, 0.25) is 0 Å². The van der Waals surface area contributed by atoms with Gasteiger partial charge in [0.2, 0.25) is 0 Å². The molecule has 1 nitrogen and oxygen atoms in total. The summed E-state index contributed by atoms with van der Waals surface area (Å²) in [7, 11) is -1.22. The van der Waals surface area contributed by atoms with Crippen LogP contribution in [-0.2, 0) is 0 Å². The summed E-state index contributed by atoms with van der Waals surface area (Å²) in [4.78, 5) is 0. The minimum absolute atomic E-state index is 0.450. The van der Waals surface area contributed by atoms with Crippen LogP contribution in [0.3, 0.4) is 0 Å². The van der Waals surface area contributed by atoms with E-state index in [1.54, 1.807) is 0 Å². The molecule has 0 radical (unpaired) electrons. The molecular weight excluding hydrogens is 222 g/mol. The lowest BCUT2D eigenvalue weighted by molar-refractivity contribution is 0.505. The Morgan fingerprint density at radius 3 is 1.40 bits per heavy atom. The van der Waals surface area contributed by atoms with Crippen molar-refractivity contribution in [3.05, 3.63) is 0 Å². The Hall–Kier alpha value is 0.660. The molecular formula is C12H31NS2. The van der Waals surface area contributed by atoms with E-state index in [4.69, 9.17) is 0 Å². The molecule has 0 amide bonds. The van der Waals surface area contributed by atoms with Gasteiger partial charge in [-0.2, -0.15) is 10.2 Å². The molecule has 3 heteroatoms. The summed E-state index contributed by atoms with van der Waals surface area (Å²) >= 11 is 0. The molecule has 0 aromatic heterocycles. The Kier molecular flexibility index (Phi) is 5.10. The number of hydrogen-bond acceptors (Lipinski definition) is 1. The molecule has 0 fully saturated rings. The SMILES string of the molecule is CCN(CC)S(C)(C)C(C)(C)S(C)(C)C. The zero-order chi connectivity index (χ0) is 12.5. The zero-order valence-electron chi connectivity index (χ0n) is 12.2. The van der Waals surface area contributed by atoms with E-state index in [-0.39, 0.29) is 0 Å². The minimum Gasteiger partial charge on any atom is -0.267 e. The Morgan fingerprint density at radius 2 is 1.20 bits per heavy atom. The molecule has 0 N–H and O–H groups in total. The molecule has 0 unspecified atom stereocenters. The van der Waals surface area contributed by atoms with Gasteiger partial charge in [-0.3, -0.25) is 4.31 Å². The summed E-state index contributed by atoms with van der Waals surface area (Å²) in [6, 6.07) is 0. The van der Waals surface area contributed by atoms with Crippen LogP contribution in [0, 0.1) is 0 Å². The highest BCUT2D eigenvalue weighted by atomic mass is 32.3. The van der Waals surface area contributed by atoms with Gasteiger partial charge in [0.15, 0.2) is 0 Å². The maximum atomic E-state index is 2.67. The predicted molar refractivity (Wildman–Crippen MR) is 81.8 cm³/mol. The van der Waals surface area contributed by atoms with Gasteiger partial charge < -0.3 is 0 Å². The van der Waals surface area contributed by atoms with Crippen molar-refractivity contribution in [3.63, 3.8) is 0 Å². The zero-order valence-corrected chi connectivity index (χ0v) is 13.8. The van der Waals surface area contributed by atoms with Gasteiger partial charge in [-0.1, -0.05) is 13.8 Å². The molecule has 0 spiro atoms. The molecule has 0 aliphatic rings. The van der Waals surface area contributed by atoms with Crippen molar-refractivity contribution in [2.45, 2.75) is 31.8 Å². The van der Waals surface area contributed by atoms with E-state index < -0.39 is 20.2 Å². The van der Waals surface area contributed by atoms with Gasteiger partial charge in [0, 0.05) is 17.2 Å². The van der Waals surface area contributed by atoms with E-state index in [9.17, 15) is 0 Å². The Balaban J connectivity index is 5.16. The molecule has 0 atom stereocenters. The van der Waals surface area contributed by atoms with Crippen LogP contribution in [0.5, 0.6) is 0 Å². The highest BCUT2D eigenvalue weighted by Gasteiger charge is 2.42. The third-order valence-corrected chi connectivity index (χ3v) is 13.9. The average Bonchev–Trinajstić information content (AvgIpc) is 2.03. The summed E-state index contributed by atoms with van der Waals surface area (Å²) in [5.41, 5.74) is 0. The summed E-state index contributed by atoms with van der Waals surface area (Å²) in [5, 5.41) is 0. The molecule has 0 aliphatic heterocycles. The van der Waals surface area contributed by atoms with E-state index >= 15 is 0 Å². The number of rotatable bonds is 5. The second kappa shape index (κ2) is 4.89. The second-order valence-electron chi connectivity index (χ2n) is 5.62. The number of hydrogen-bond donors (Lipinski definition) is 0. The number of nitrogens with zero attached hydrogens (tertiary/aromatic N) is 1. The van der Waals surface area contributed by atoms with Crippen molar-refractivity contribution in [1.29, 1.82) is 0 Å². The van der Waals surface area contributed by atoms with Crippen molar-refractivity contribution in [3.8, 4) is 0 Å². The van der Waals surface area contributed by atoms with E-state index in [1.165, 1.54) is 13.1 Å². The summed E-state index contributed by atoms with van der Waals surface area (Å²) < 4.78 is 3.12. The minimum atomic E-state index is -0.688. The molecule has 0 saturated carbocycles. The van der Waals surface area contributed by atoms with Crippen LogP contribution in [0.1, 0.15) is 27.7 Å². The molecule has 0 aromatic carbocycles. The van der Waals surface area contributed by atoms with Gasteiger partial charge in [0.25, 0.3) is 0 Å². The van der Waals surface area contributed by atoms with E-state index in [1.807, 2.05) is 0 Å². The van der Waals surface area contributed by atoms with Gasteiger partial charge >= 0.3 is 0 Å². The molecule has 96 valence electrons. The van der Waals surface area contributed by atoms with E-state index in [2.05, 4.69) is 63.3 Å². The average molecular weight is 254 g/mol. The maximum Gasteiger partial charge on any atom is 0.0351 e. The molecule has 0 aromatic rings. The van der Waals surface area contributed by atoms with E-state index in [0.29, 0.717) is 4.08 Å².